The lowest BCUT2D eigenvalue weighted by molar-refractivity contribution is -0.153. The minimum absolute atomic E-state index is 0.422. The number of benzene rings is 1. The summed E-state index contributed by atoms with van der Waals surface area (Å²) in [6, 6.07) is 11.1. The zero-order valence-corrected chi connectivity index (χ0v) is 15.1. The van der Waals surface area contributed by atoms with Gasteiger partial charge in [-0.1, -0.05) is 18.2 Å². The number of carbonyl (C=O) groups excluding carboxylic acids is 2. The quantitative estimate of drug-likeness (QED) is 0.790. The van der Waals surface area contributed by atoms with Crippen LogP contribution in [-0.4, -0.2) is 24.6 Å². The van der Waals surface area contributed by atoms with Crippen molar-refractivity contribution >= 4 is 28.2 Å². The van der Waals surface area contributed by atoms with Gasteiger partial charge in [0.2, 0.25) is 0 Å². The molecule has 0 saturated heterocycles. The molecule has 0 radical (unpaired) electrons. The van der Waals surface area contributed by atoms with Crippen LogP contribution in [0.25, 0.3) is 0 Å². The molecule has 1 aliphatic carbocycles. The standard InChI is InChI=1S/C19H18N2O4S/c1-12(25-13-6-3-2-4-7-13)19(23)24-11-17(22)21-18-15(10-20)14-8-5-9-16(14)26-18/h2-4,6-7,12H,5,8-9,11H2,1H3,(H,21,22)/t12-/m0/s1. The number of fused-ring (bicyclic) bond motifs is 1. The Kier molecular flexibility index (Phi) is 5.54. The molecule has 0 aliphatic heterocycles. The van der Waals surface area contributed by atoms with Crippen LogP contribution in [0.3, 0.4) is 0 Å². The van der Waals surface area contributed by atoms with Crippen molar-refractivity contribution < 1.29 is 19.1 Å². The van der Waals surface area contributed by atoms with Gasteiger partial charge in [-0.15, -0.1) is 11.3 Å². The summed E-state index contributed by atoms with van der Waals surface area (Å²) in [6.45, 7) is 1.14. The second kappa shape index (κ2) is 8.02. The molecule has 0 saturated carbocycles. The lowest BCUT2D eigenvalue weighted by Gasteiger charge is -2.13. The Balaban J connectivity index is 1.51. The van der Waals surface area contributed by atoms with E-state index in [1.807, 2.05) is 6.07 Å². The van der Waals surface area contributed by atoms with Crippen molar-refractivity contribution in [2.45, 2.75) is 32.3 Å². The third-order valence-corrected chi connectivity index (χ3v) is 5.23. The topological polar surface area (TPSA) is 88.4 Å². The molecule has 2 aromatic rings. The normalized spacial score (nSPS) is 13.4. The van der Waals surface area contributed by atoms with Crippen LogP contribution >= 0.6 is 11.3 Å². The number of para-hydroxylation sites is 1. The number of nitriles is 1. The molecular formula is C19H18N2O4S. The summed E-state index contributed by atoms with van der Waals surface area (Å²) in [5.74, 6) is -0.548. The minimum atomic E-state index is -0.828. The highest BCUT2D eigenvalue weighted by Crippen LogP contribution is 2.38. The monoisotopic (exact) mass is 370 g/mol. The molecule has 1 aromatic heterocycles. The van der Waals surface area contributed by atoms with Gasteiger partial charge in [-0.25, -0.2) is 4.79 Å². The van der Waals surface area contributed by atoms with E-state index in [4.69, 9.17) is 9.47 Å². The minimum Gasteiger partial charge on any atom is -0.479 e. The summed E-state index contributed by atoms with van der Waals surface area (Å²) in [5.41, 5.74) is 1.57. The number of carbonyl (C=O) groups is 2. The van der Waals surface area contributed by atoms with E-state index < -0.39 is 24.6 Å². The van der Waals surface area contributed by atoms with E-state index in [1.165, 1.54) is 11.3 Å². The summed E-state index contributed by atoms with van der Waals surface area (Å²) in [7, 11) is 0. The van der Waals surface area contributed by atoms with Gasteiger partial charge in [0.05, 0.1) is 5.56 Å². The molecule has 0 bridgehead atoms. The first-order chi connectivity index (χ1) is 12.6. The number of rotatable bonds is 6. The van der Waals surface area contributed by atoms with Crippen molar-refractivity contribution in [1.29, 1.82) is 5.26 Å². The van der Waals surface area contributed by atoms with Gasteiger partial charge in [0, 0.05) is 4.88 Å². The maximum absolute atomic E-state index is 12.1. The molecule has 1 aliphatic rings. The molecule has 1 N–H and O–H groups in total. The van der Waals surface area contributed by atoms with Crippen LogP contribution in [0.2, 0.25) is 0 Å². The van der Waals surface area contributed by atoms with Crippen molar-refractivity contribution in [1.82, 2.24) is 0 Å². The van der Waals surface area contributed by atoms with E-state index in [-0.39, 0.29) is 0 Å². The Labute approximate surface area is 155 Å². The first-order valence-electron chi connectivity index (χ1n) is 8.31. The molecule has 0 unspecified atom stereocenters. The average molecular weight is 370 g/mol. The number of anilines is 1. The van der Waals surface area contributed by atoms with Crippen molar-refractivity contribution in [3.8, 4) is 11.8 Å². The highest BCUT2D eigenvalue weighted by molar-refractivity contribution is 7.16. The fourth-order valence-corrected chi connectivity index (χ4v) is 4.03. The molecular weight excluding hydrogens is 352 g/mol. The van der Waals surface area contributed by atoms with Crippen LogP contribution < -0.4 is 10.1 Å². The molecule has 134 valence electrons. The van der Waals surface area contributed by atoms with Crippen LogP contribution in [0.1, 0.15) is 29.3 Å². The Hall–Kier alpha value is -2.85. The van der Waals surface area contributed by atoms with E-state index in [0.29, 0.717) is 16.3 Å². The third kappa shape index (κ3) is 4.03. The summed E-state index contributed by atoms with van der Waals surface area (Å²) in [6.07, 6.45) is 2.02. The number of thiophene rings is 1. The predicted octanol–water partition coefficient (Wildman–Crippen LogP) is 3.06. The number of esters is 1. The maximum atomic E-state index is 12.1. The van der Waals surface area contributed by atoms with Crippen LogP contribution in [-0.2, 0) is 27.2 Å². The number of nitrogens with one attached hydrogen (secondary N) is 1. The number of nitrogens with zero attached hydrogens (tertiary/aromatic N) is 1. The van der Waals surface area contributed by atoms with Crippen molar-refractivity contribution in [3.05, 3.63) is 46.3 Å². The van der Waals surface area contributed by atoms with Gasteiger partial charge >= 0.3 is 5.97 Å². The Bertz CT molecular complexity index is 854. The predicted molar refractivity (Wildman–Crippen MR) is 97.2 cm³/mol. The molecule has 6 nitrogen and oxygen atoms in total. The molecule has 0 fully saturated rings. The molecule has 1 aromatic carbocycles. The van der Waals surface area contributed by atoms with Crippen LogP contribution in [0.4, 0.5) is 5.00 Å². The molecule has 1 amide bonds. The van der Waals surface area contributed by atoms with E-state index in [0.717, 1.165) is 29.7 Å². The Morgan fingerprint density at radius 2 is 2.08 bits per heavy atom. The van der Waals surface area contributed by atoms with Crippen LogP contribution in [0.15, 0.2) is 30.3 Å². The molecule has 3 rings (SSSR count). The summed E-state index contributed by atoms with van der Waals surface area (Å²) < 4.78 is 10.5. The SMILES string of the molecule is C[C@H](Oc1ccccc1)C(=O)OCC(=O)Nc1sc2c(c1C#N)CCC2. The van der Waals surface area contributed by atoms with Gasteiger partial charge in [-0.2, -0.15) is 5.26 Å². The maximum Gasteiger partial charge on any atom is 0.347 e. The van der Waals surface area contributed by atoms with Gasteiger partial charge in [0.1, 0.15) is 16.8 Å². The Morgan fingerprint density at radius 1 is 1.31 bits per heavy atom. The van der Waals surface area contributed by atoms with E-state index in [9.17, 15) is 14.9 Å². The molecule has 1 atom stereocenters. The molecule has 26 heavy (non-hydrogen) atoms. The third-order valence-electron chi connectivity index (χ3n) is 4.02. The van der Waals surface area contributed by atoms with E-state index >= 15 is 0 Å². The first kappa shape index (κ1) is 18.0. The van der Waals surface area contributed by atoms with Gasteiger partial charge in [-0.05, 0) is 43.9 Å². The summed E-state index contributed by atoms with van der Waals surface area (Å²) in [4.78, 5) is 25.2. The number of hydrogen-bond acceptors (Lipinski definition) is 6. The lowest BCUT2D eigenvalue weighted by atomic mass is 10.1. The van der Waals surface area contributed by atoms with Crippen molar-refractivity contribution in [2.75, 3.05) is 11.9 Å². The average Bonchev–Trinajstić information content (AvgIpc) is 3.21. The summed E-state index contributed by atoms with van der Waals surface area (Å²) >= 11 is 1.42. The first-order valence-corrected chi connectivity index (χ1v) is 9.13. The summed E-state index contributed by atoms with van der Waals surface area (Å²) in [5, 5.41) is 12.5. The second-order valence-corrected chi connectivity index (χ2v) is 7.01. The number of ether oxygens (including phenoxy) is 2. The molecule has 0 spiro atoms. The van der Waals surface area contributed by atoms with Crippen molar-refractivity contribution in [3.63, 3.8) is 0 Å². The number of amides is 1. The largest absolute Gasteiger partial charge is 0.479 e. The fourth-order valence-electron chi connectivity index (χ4n) is 2.78. The zero-order valence-electron chi connectivity index (χ0n) is 14.3. The van der Waals surface area contributed by atoms with Crippen molar-refractivity contribution in [2.24, 2.45) is 0 Å². The van der Waals surface area contributed by atoms with Gasteiger partial charge in [0.25, 0.3) is 5.91 Å². The second-order valence-electron chi connectivity index (χ2n) is 5.90. The smallest absolute Gasteiger partial charge is 0.347 e. The van der Waals surface area contributed by atoms with Gasteiger partial charge in [-0.3, -0.25) is 4.79 Å². The molecule has 7 heteroatoms. The fraction of sp³-hybridized carbons (Fsp3) is 0.316. The highest BCUT2D eigenvalue weighted by Gasteiger charge is 2.24. The number of hydrogen-bond donors (Lipinski definition) is 1. The lowest BCUT2D eigenvalue weighted by Crippen LogP contribution is -2.29. The van der Waals surface area contributed by atoms with Crippen LogP contribution in [0.5, 0.6) is 5.75 Å². The van der Waals surface area contributed by atoms with Crippen LogP contribution in [0, 0.1) is 11.3 Å². The van der Waals surface area contributed by atoms with E-state index in [2.05, 4.69) is 11.4 Å². The number of aryl methyl sites for hydroxylation is 1. The Morgan fingerprint density at radius 3 is 2.81 bits per heavy atom. The van der Waals surface area contributed by atoms with Gasteiger partial charge < -0.3 is 14.8 Å². The highest BCUT2D eigenvalue weighted by atomic mass is 32.1. The van der Waals surface area contributed by atoms with Gasteiger partial charge in [0.15, 0.2) is 12.7 Å². The molecule has 1 heterocycles. The zero-order chi connectivity index (χ0) is 18.5. The van der Waals surface area contributed by atoms with E-state index in [1.54, 1.807) is 31.2 Å².